The highest BCUT2D eigenvalue weighted by molar-refractivity contribution is 7.89. The van der Waals surface area contributed by atoms with Gasteiger partial charge in [0.2, 0.25) is 15.9 Å². The lowest BCUT2D eigenvalue weighted by Crippen LogP contribution is -2.48. The summed E-state index contributed by atoms with van der Waals surface area (Å²) in [7, 11) is -0.399. The number of carbonyl (C=O) groups excluding carboxylic acids is 1. The van der Waals surface area contributed by atoms with Crippen LogP contribution < -0.4 is 4.74 Å². The smallest absolute Gasteiger partial charge is 0.248 e. The third kappa shape index (κ3) is 6.40. The number of hydrogen-bond donors (Lipinski definition) is 0. The van der Waals surface area contributed by atoms with E-state index in [4.69, 9.17) is 9.47 Å². The van der Waals surface area contributed by atoms with Crippen LogP contribution in [0.5, 0.6) is 5.75 Å². The highest BCUT2D eigenvalue weighted by Crippen LogP contribution is 2.36. The van der Waals surface area contributed by atoms with Crippen molar-refractivity contribution in [2.45, 2.75) is 82.1 Å². The first kappa shape index (κ1) is 31.7. The molecule has 3 aromatic rings. The Morgan fingerprint density at radius 1 is 1.09 bits per heavy atom. The summed E-state index contributed by atoms with van der Waals surface area (Å²) in [5.74, 6) is 0.556. The number of amides is 1. The third-order valence-electron chi connectivity index (χ3n) is 9.98. The second kappa shape index (κ2) is 13.2. The average Bonchev–Trinajstić information content (AvgIpc) is 3.53. The molecule has 6 rings (SSSR count). The molecule has 0 bridgehead atoms. The minimum absolute atomic E-state index is 0.0712. The minimum Gasteiger partial charge on any atom is -0.497 e. The lowest BCUT2D eigenvalue weighted by atomic mass is 9.87. The average molecular weight is 636 g/mol. The van der Waals surface area contributed by atoms with Crippen molar-refractivity contribution in [3.05, 3.63) is 76.9 Å². The molecule has 1 amide bonds. The maximum Gasteiger partial charge on any atom is 0.248 e. The molecule has 1 fully saturated rings. The molecule has 0 N–H and O–H groups in total. The van der Waals surface area contributed by atoms with Crippen molar-refractivity contribution < 1.29 is 22.7 Å². The van der Waals surface area contributed by atoms with E-state index >= 15 is 0 Å². The van der Waals surface area contributed by atoms with Crippen LogP contribution in [0.25, 0.3) is 0 Å². The molecule has 0 radical (unpaired) electrons. The third-order valence-corrected chi connectivity index (χ3v) is 12.2. The lowest BCUT2D eigenvalue weighted by molar-refractivity contribution is -0.138. The van der Waals surface area contributed by atoms with E-state index in [0.29, 0.717) is 40.9 Å². The first-order valence-electron chi connectivity index (χ1n) is 16.0. The van der Waals surface area contributed by atoms with Gasteiger partial charge in [0.15, 0.2) is 0 Å². The van der Waals surface area contributed by atoms with Crippen LogP contribution in [-0.4, -0.2) is 90.5 Å². The van der Waals surface area contributed by atoms with E-state index in [0.717, 1.165) is 50.9 Å². The van der Waals surface area contributed by atoms with Crippen molar-refractivity contribution in [2.75, 3.05) is 40.5 Å². The van der Waals surface area contributed by atoms with Gasteiger partial charge < -0.3 is 18.9 Å². The number of fused-ring (bicyclic) bond motifs is 2. The summed E-state index contributed by atoms with van der Waals surface area (Å²) in [6.45, 7) is 6.43. The zero-order valence-corrected chi connectivity index (χ0v) is 27.6. The van der Waals surface area contributed by atoms with Crippen LogP contribution in [0.4, 0.5) is 0 Å². The van der Waals surface area contributed by atoms with Crippen LogP contribution in [0.15, 0.2) is 53.8 Å². The fourth-order valence-corrected chi connectivity index (χ4v) is 9.54. The number of hydrogen-bond acceptors (Lipinski definition) is 7. The fraction of sp³-hybridized carbons (Fsp3) is 0.529. The largest absolute Gasteiger partial charge is 0.497 e. The summed E-state index contributed by atoms with van der Waals surface area (Å²) < 4.78 is 43.3. The number of pyridine rings is 1. The zero-order valence-electron chi connectivity index (χ0n) is 26.8. The van der Waals surface area contributed by atoms with E-state index in [1.54, 1.807) is 33.1 Å². The molecular weight excluding hydrogens is 590 g/mol. The number of aryl methyl sites for hydroxylation is 2. The van der Waals surface area contributed by atoms with E-state index in [9.17, 15) is 13.2 Å². The van der Waals surface area contributed by atoms with Crippen LogP contribution in [0.2, 0.25) is 0 Å². The molecule has 11 heteroatoms. The Labute approximate surface area is 267 Å². The van der Waals surface area contributed by atoms with Crippen LogP contribution in [-0.2, 0) is 39.1 Å². The van der Waals surface area contributed by atoms with Crippen LogP contribution in [0.3, 0.4) is 0 Å². The standard InChI is InChI=1S/C34H45N5O5S/c1-24-17-30(43-4)18-25(2)34(24)45(41,42)39-16-15-37-13-6-9-31(37)32(39)22-44-23-33(40)36(3)28-7-5-8-29(19-28)38-14-11-26-20-35-12-10-27(26)21-38/h6,9-10,12-13,17-18,20,28-29,32H,5,7-8,11,14-16,19,21-23H2,1-4H3/t28-,29+,32?/m0/s1. The predicted molar refractivity (Wildman–Crippen MR) is 172 cm³/mol. The summed E-state index contributed by atoms with van der Waals surface area (Å²) in [4.78, 5) is 22.4. The Balaban J connectivity index is 1.10. The number of ether oxygens (including phenoxy) is 2. The van der Waals surface area contributed by atoms with Gasteiger partial charge in [-0.3, -0.25) is 14.7 Å². The zero-order chi connectivity index (χ0) is 31.7. The molecule has 3 atom stereocenters. The van der Waals surface area contributed by atoms with E-state index < -0.39 is 16.1 Å². The predicted octanol–water partition coefficient (Wildman–Crippen LogP) is 4.10. The van der Waals surface area contributed by atoms with Crippen LogP contribution in [0.1, 0.15) is 59.7 Å². The van der Waals surface area contributed by atoms with Gasteiger partial charge in [0.25, 0.3) is 0 Å². The number of rotatable bonds is 9. The quantitative estimate of drug-likeness (QED) is 0.349. The van der Waals surface area contributed by atoms with Gasteiger partial charge in [0.05, 0.1) is 24.7 Å². The highest BCUT2D eigenvalue weighted by atomic mass is 32.2. The Morgan fingerprint density at radius 2 is 1.89 bits per heavy atom. The van der Waals surface area contributed by atoms with Crippen molar-refractivity contribution in [3.63, 3.8) is 0 Å². The number of sulfonamides is 1. The number of likely N-dealkylation sites (N-methyl/N-ethyl adjacent to an activating group) is 1. The Bertz CT molecular complexity index is 1620. The number of nitrogens with zero attached hydrogens (tertiary/aromatic N) is 5. The first-order chi connectivity index (χ1) is 21.7. The van der Waals surface area contributed by atoms with Crippen molar-refractivity contribution in [1.29, 1.82) is 0 Å². The number of benzene rings is 1. The van der Waals surface area contributed by atoms with Crippen molar-refractivity contribution in [2.24, 2.45) is 0 Å². The van der Waals surface area contributed by atoms with Gasteiger partial charge in [-0.2, -0.15) is 4.31 Å². The molecule has 2 aromatic heterocycles. The number of carbonyl (C=O) groups is 1. The summed E-state index contributed by atoms with van der Waals surface area (Å²) >= 11 is 0. The van der Waals surface area contributed by atoms with Crippen LogP contribution in [0, 0.1) is 13.8 Å². The first-order valence-corrected chi connectivity index (χ1v) is 17.4. The van der Waals surface area contributed by atoms with Crippen LogP contribution >= 0.6 is 0 Å². The lowest BCUT2D eigenvalue weighted by Gasteiger charge is -2.42. The monoisotopic (exact) mass is 635 g/mol. The molecule has 4 heterocycles. The summed E-state index contributed by atoms with van der Waals surface area (Å²) in [6.07, 6.45) is 11.0. The van der Waals surface area contributed by atoms with Gasteiger partial charge in [-0.1, -0.05) is 0 Å². The molecule has 3 aliphatic rings. The molecule has 0 spiro atoms. The molecule has 45 heavy (non-hydrogen) atoms. The van der Waals surface area contributed by atoms with Gasteiger partial charge in [-0.05, 0) is 98.5 Å². The summed E-state index contributed by atoms with van der Waals surface area (Å²) in [6, 6.07) is 9.56. The van der Waals surface area contributed by atoms with Crippen molar-refractivity contribution >= 4 is 15.9 Å². The number of aromatic nitrogens is 2. The Morgan fingerprint density at radius 3 is 2.67 bits per heavy atom. The Hall–Kier alpha value is -3.25. The maximum atomic E-state index is 14.1. The second-order valence-electron chi connectivity index (χ2n) is 12.7. The van der Waals surface area contributed by atoms with Gasteiger partial charge in [-0.25, -0.2) is 8.42 Å². The van der Waals surface area contributed by atoms with E-state index in [2.05, 4.69) is 20.5 Å². The van der Waals surface area contributed by atoms with Crippen molar-refractivity contribution in [3.8, 4) is 5.75 Å². The molecule has 1 aliphatic carbocycles. The van der Waals surface area contributed by atoms with E-state index in [1.807, 2.05) is 42.7 Å². The highest BCUT2D eigenvalue weighted by Gasteiger charge is 2.39. The minimum atomic E-state index is -3.86. The second-order valence-corrected chi connectivity index (χ2v) is 14.5. The van der Waals surface area contributed by atoms with Gasteiger partial charge in [0.1, 0.15) is 12.4 Å². The number of methoxy groups -OCH3 is 1. The molecule has 2 aliphatic heterocycles. The topological polar surface area (TPSA) is 97.2 Å². The summed E-state index contributed by atoms with van der Waals surface area (Å²) in [5, 5.41) is 0. The molecule has 10 nitrogen and oxygen atoms in total. The summed E-state index contributed by atoms with van der Waals surface area (Å²) in [5.41, 5.74) is 4.85. The SMILES string of the molecule is COc1cc(C)c(S(=O)(=O)N2CCn3cccc3C2COCC(=O)N(C)[C@H]2CCC[C@@H](N3CCc4cnccc4C3)C2)c(C)c1. The van der Waals surface area contributed by atoms with Gasteiger partial charge in [0, 0.05) is 69.6 Å². The normalized spacial score (nSPS) is 22.4. The van der Waals surface area contributed by atoms with Crippen molar-refractivity contribution in [1.82, 2.24) is 23.7 Å². The van der Waals surface area contributed by atoms with Gasteiger partial charge in [-0.15, -0.1) is 0 Å². The van der Waals surface area contributed by atoms with Gasteiger partial charge >= 0.3 is 0 Å². The molecule has 1 unspecified atom stereocenters. The molecule has 0 saturated heterocycles. The molecule has 1 aromatic carbocycles. The fourth-order valence-electron chi connectivity index (χ4n) is 7.55. The molecule has 1 saturated carbocycles. The molecule has 242 valence electrons. The molecular formula is C34H45N5O5S. The van der Waals surface area contributed by atoms with E-state index in [-0.39, 0.29) is 25.2 Å². The van der Waals surface area contributed by atoms with E-state index in [1.165, 1.54) is 15.4 Å². The Kier molecular flexibility index (Phi) is 9.33. The maximum absolute atomic E-state index is 14.1.